The third-order valence-corrected chi connectivity index (χ3v) is 2.42. The largest absolute Gasteiger partial charge is 0.376 e. The number of nitrogens with zero attached hydrogens (tertiary/aromatic N) is 2. The fourth-order valence-corrected chi connectivity index (χ4v) is 1.57. The molecule has 1 heterocycles. The molecule has 0 N–H and O–H groups in total. The van der Waals surface area contributed by atoms with Crippen LogP contribution in [0.15, 0.2) is 12.8 Å². The van der Waals surface area contributed by atoms with Gasteiger partial charge in [0.15, 0.2) is 0 Å². The Morgan fingerprint density at radius 1 is 1.55 bits per heavy atom. The van der Waals surface area contributed by atoms with Crippen LogP contribution in [0.3, 0.4) is 0 Å². The summed E-state index contributed by atoms with van der Waals surface area (Å²) in [5.41, 5.74) is 0. The molecule has 0 aromatic rings. The second kappa shape index (κ2) is 3.77. The molecule has 2 heteroatoms. The number of likely N-dealkylation sites (N-methyl/N-ethyl adjacent to an activating group) is 1. The molecule has 1 atom stereocenters. The van der Waals surface area contributed by atoms with Crippen LogP contribution < -0.4 is 0 Å². The van der Waals surface area contributed by atoms with Gasteiger partial charge in [-0.15, -0.1) is 0 Å². The van der Waals surface area contributed by atoms with Crippen LogP contribution in [0.4, 0.5) is 0 Å². The monoisotopic (exact) mass is 154 g/mol. The van der Waals surface area contributed by atoms with E-state index in [1.165, 1.54) is 19.4 Å². The summed E-state index contributed by atoms with van der Waals surface area (Å²) in [4.78, 5) is 4.60. The number of piperidine rings is 1. The Kier molecular flexibility index (Phi) is 2.94. The van der Waals surface area contributed by atoms with Crippen LogP contribution in [-0.4, -0.2) is 43.0 Å². The summed E-state index contributed by atoms with van der Waals surface area (Å²) in [5, 5.41) is 0. The van der Waals surface area contributed by atoms with E-state index in [0.717, 1.165) is 12.6 Å². The average Bonchev–Trinajstić information content (AvgIpc) is 2.05. The van der Waals surface area contributed by atoms with E-state index in [1.807, 2.05) is 6.20 Å². The molecule has 0 radical (unpaired) electrons. The third-order valence-electron chi connectivity index (χ3n) is 2.42. The molecular formula is C9H18N2. The summed E-state index contributed by atoms with van der Waals surface area (Å²) >= 11 is 0. The van der Waals surface area contributed by atoms with E-state index >= 15 is 0 Å². The van der Waals surface area contributed by atoms with Gasteiger partial charge in [0.25, 0.3) is 0 Å². The minimum Gasteiger partial charge on any atom is -0.376 e. The quantitative estimate of drug-likeness (QED) is 0.589. The molecule has 0 saturated carbocycles. The molecule has 1 fully saturated rings. The fourth-order valence-electron chi connectivity index (χ4n) is 1.57. The van der Waals surface area contributed by atoms with E-state index in [-0.39, 0.29) is 0 Å². The van der Waals surface area contributed by atoms with Crippen LogP contribution in [0.1, 0.15) is 12.8 Å². The molecule has 0 aromatic heterocycles. The topological polar surface area (TPSA) is 6.48 Å². The number of hydrogen-bond acceptors (Lipinski definition) is 2. The molecule has 64 valence electrons. The highest BCUT2D eigenvalue weighted by molar-refractivity contribution is 4.82. The SMILES string of the molecule is C=CN1CCCC(N(C)C)C1. The Hall–Kier alpha value is -0.500. The molecule has 1 aliphatic heterocycles. The van der Waals surface area contributed by atoms with Gasteiger partial charge in [0.1, 0.15) is 0 Å². The maximum atomic E-state index is 3.79. The van der Waals surface area contributed by atoms with Gasteiger partial charge in [-0.1, -0.05) is 6.58 Å². The lowest BCUT2D eigenvalue weighted by atomic mass is 10.1. The summed E-state index contributed by atoms with van der Waals surface area (Å²) in [7, 11) is 4.30. The summed E-state index contributed by atoms with van der Waals surface area (Å²) in [5.74, 6) is 0. The zero-order valence-electron chi connectivity index (χ0n) is 7.58. The Labute approximate surface area is 69.5 Å². The highest BCUT2D eigenvalue weighted by Gasteiger charge is 2.18. The Bertz CT molecular complexity index is 132. The number of likely N-dealkylation sites (tertiary alicyclic amines) is 1. The van der Waals surface area contributed by atoms with Gasteiger partial charge in [-0.25, -0.2) is 0 Å². The van der Waals surface area contributed by atoms with E-state index in [1.54, 1.807) is 0 Å². The van der Waals surface area contributed by atoms with Crippen LogP contribution >= 0.6 is 0 Å². The van der Waals surface area contributed by atoms with Crippen molar-refractivity contribution in [1.82, 2.24) is 9.80 Å². The van der Waals surface area contributed by atoms with Gasteiger partial charge in [-0.05, 0) is 33.1 Å². The molecule has 1 aliphatic rings. The fraction of sp³-hybridized carbons (Fsp3) is 0.778. The van der Waals surface area contributed by atoms with Crippen LogP contribution in [0.2, 0.25) is 0 Å². The Morgan fingerprint density at radius 3 is 2.82 bits per heavy atom. The van der Waals surface area contributed by atoms with E-state index < -0.39 is 0 Å². The molecule has 0 aromatic carbocycles. The van der Waals surface area contributed by atoms with Crippen LogP contribution in [0.25, 0.3) is 0 Å². The van der Waals surface area contributed by atoms with Crippen molar-refractivity contribution in [2.45, 2.75) is 18.9 Å². The van der Waals surface area contributed by atoms with Crippen molar-refractivity contribution in [1.29, 1.82) is 0 Å². The van der Waals surface area contributed by atoms with Gasteiger partial charge in [-0.3, -0.25) is 0 Å². The van der Waals surface area contributed by atoms with Crippen molar-refractivity contribution < 1.29 is 0 Å². The lowest BCUT2D eigenvalue weighted by Gasteiger charge is -2.35. The van der Waals surface area contributed by atoms with Gasteiger partial charge >= 0.3 is 0 Å². The average molecular weight is 154 g/mol. The van der Waals surface area contributed by atoms with Crippen molar-refractivity contribution in [3.05, 3.63) is 12.8 Å². The van der Waals surface area contributed by atoms with Gasteiger partial charge in [-0.2, -0.15) is 0 Å². The Morgan fingerprint density at radius 2 is 2.27 bits per heavy atom. The first kappa shape index (κ1) is 8.60. The maximum absolute atomic E-state index is 3.79. The standard InChI is InChI=1S/C9H18N2/c1-4-11-7-5-6-9(8-11)10(2)3/h4,9H,1,5-8H2,2-3H3. The van der Waals surface area contributed by atoms with Crippen molar-refractivity contribution in [3.8, 4) is 0 Å². The predicted molar refractivity (Wildman–Crippen MR) is 48.5 cm³/mol. The van der Waals surface area contributed by atoms with Crippen molar-refractivity contribution >= 4 is 0 Å². The highest BCUT2D eigenvalue weighted by Crippen LogP contribution is 2.12. The maximum Gasteiger partial charge on any atom is 0.0328 e. The molecule has 0 bridgehead atoms. The molecule has 0 aliphatic carbocycles. The van der Waals surface area contributed by atoms with Crippen LogP contribution in [-0.2, 0) is 0 Å². The first-order valence-corrected chi connectivity index (χ1v) is 4.27. The molecule has 1 rings (SSSR count). The predicted octanol–water partition coefficient (Wildman–Crippen LogP) is 1.16. The molecule has 11 heavy (non-hydrogen) atoms. The summed E-state index contributed by atoms with van der Waals surface area (Å²) in [6.07, 6.45) is 4.59. The molecule has 1 unspecified atom stereocenters. The van der Waals surface area contributed by atoms with Crippen molar-refractivity contribution in [2.24, 2.45) is 0 Å². The van der Waals surface area contributed by atoms with Gasteiger partial charge in [0, 0.05) is 19.1 Å². The lowest BCUT2D eigenvalue weighted by molar-refractivity contribution is 0.170. The summed E-state index contributed by atoms with van der Waals surface area (Å²) in [6.45, 7) is 6.12. The second-order valence-electron chi connectivity index (χ2n) is 3.44. The molecule has 0 spiro atoms. The van der Waals surface area contributed by atoms with E-state index in [2.05, 4.69) is 30.5 Å². The smallest absolute Gasteiger partial charge is 0.0328 e. The number of rotatable bonds is 2. The van der Waals surface area contributed by atoms with E-state index in [4.69, 9.17) is 0 Å². The molecule has 0 amide bonds. The minimum atomic E-state index is 0.724. The van der Waals surface area contributed by atoms with Crippen molar-refractivity contribution in [3.63, 3.8) is 0 Å². The molecular weight excluding hydrogens is 136 g/mol. The van der Waals surface area contributed by atoms with Crippen LogP contribution in [0, 0.1) is 0 Å². The van der Waals surface area contributed by atoms with Crippen molar-refractivity contribution in [2.75, 3.05) is 27.2 Å². The zero-order chi connectivity index (χ0) is 8.27. The molecule has 1 saturated heterocycles. The van der Waals surface area contributed by atoms with Gasteiger partial charge in [0.2, 0.25) is 0 Å². The van der Waals surface area contributed by atoms with Gasteiger partial charge in [0.05, 0.1) is 0 Å². The summed E-state index contributed by atoms with van der Waals surface area (Å²) < 4.78 is 0. The normalized spacial score (nSPS) is 25.7. The molecule has 2 nitrogen and oxygen atoms in total. The van der Waals surface area contributed by atoms with Crippen LogP contribution in [0.5, 0.6) is 0 Å². The van der Waals surface area contributed by atoms with E-state index in [9.17, 15) is 0 Å². The first-order valence-electron chi connectivity index (χ1n) is 4.27. The Balaban J connectivity index is 2.39. The van der Waals surface area contributed by atoms with E-state index in [0.29, 0.717) is 0 Å². The second-order valence-corrected chi connectivity index (χ2v) is 3.44. The zero-order valence-corrected chi connectivity index (χ0v) is 7.58. The third kappa shape index (κ3) is 2.22. The first-order chi connectivity index (χ1) is 5.24. The highest BCUT2D eigenvalue weighted by atomic mass is 15.2. The number of hydrogen-bond donors (Lipinski definition) is 0. The summed E-state index contributed by atoms with van der Waals surface area (Å²) in [6, 6.07) is 0.724. The van der Waals surface area contributed by atoms with Gasteiger partial charge < -0.3 is 9.80 Å². The minimum absolute atomic E-state index is 0.724. The lowest BCUT2D eigenvalue weighted by Crippen LogP contribution is -2.42.